The second-order valence-corrected chi connectivity index (χ2v) is 3.33. The summed E-state index contributed by atoms with van der Waals surface area (Å²) in [6.45, 7) is -1.03. The van der Waals surface area contributed by atoms with Gasteiger partial charge in [-0.05, 0) is 17.7 Å². The highest BCUT2D eigenvalue weighted by Gasteiger charge is 2.39. The summed E-state index contributed by atoms with van der Waals surface area (Å²) in [6, 6.07) is 5.82. The summed E-state index contributed by atoms with van der Waals surface area (Å²) >= 11 is 0. The van der Waals surface area contributed by atoms with E-state index in [1.807, 2.05) is 0 Å². The molecule has 16 heavy (non-hydrogen) atoms. The summed E-state index contributed by atoms with van der Waals surface area (Å²) < 4.78 is 48.5. The third kappa shape index (κ3) is 3.69. The van der Waals surface area contributed by atoms with Crippen LogP contribution in [-0.4, -0.2) is 24.0 Å². The molecule has 0 radical (unpaired) electrons. The monoisotopic (exact) mass is 237 g/mol. The SMILES string of the molecule is Oc1ccc(CNCC(F)(F)C(F)F)cc1. The van der Waals surface area contributed by atoms with Crippen LogP contribution in [0.2, 0.25) is 0 Å². The van der Waals surface area contributed by atoms with Crippen molar-refractivity contribution in [2.45, 2.75) is 18.9 Å². The van der Waals surface area contributed by atoms with E-state index in [1.54, 1.807) is 0 Å². The van der Waals surface area contributed by atoms with E-state index in [4.69, 9.17) is 5.11 Å². The average Bonchev–Trinajstić information content (AvgIpc) is 2.20. The maximum atomic E-state index is 12.5. The number of aromatic hydroxyl groups is 1. The fourth-order valence-corrected chi connectivity index (χ4v) is 1.06. The zero-order valence-electron chi connectivity index (χ0n) is 8.26. The maximum Gasteiger partial charge on any atom is 0.319 e. The molecule has 0 aliphatic carbocycles. The number of alkyl halides is 4. The molecular weight excluding hydrogens is 226 g/mol. The maximum absolute atomic E-state index is 12.5. The van der Waals surface area contributed by atoms with Crippen LogP contribution in [0.15, 0.2) is 24.3 Å². The second-order valence-electron chi connectivity index (χ2n) is 3.33. The Morgan fingerprint density at radius 1 is 1.19 bits per heavy atom. The minimum absolute atomic E-state index is 0.0442. The molecule has 0 atom stereocenters. The van der Waals surface area contributed by atoms with Crippen molar-refractivity contribution in [3.8, 4) is 5.75 Å². The minimum Gasteiger partial charge on any atom is -0.508 e. The van der Waals surface area contributed by atoms with Gasteiger partial charge in [-0.3, -0.25) is 0 Å². The van der Waals surface area contributed by atoms with Crippen molar-refractivity contribution in [2.75, 3.05) is 6.54 Å². The van der Waals surface area contributed by atoms with Crippen LogP contribution < -0.4 is 5.32 Å². The first-order chi connectivity index (χ1) is 7.42. The van der Waals surface area contributed by atoms with Gasteiger partial charge in [0.2, 0.25) is 0 Å². The molecule has 0 saturated carbocycles. The molecule has 0 spiro atoms. The topological polar surface area (TPSA) is 32.3 Å². The Morgan fingerprint density at radius 2 is 1.75 bits per heavy atom. The molecule has 0 heterocycles. The fourth-order valence-electron chi connectivity index (χ4n) is 1.06. The molecule has 2 N–H and O–H groups in total. The molecule has 6 heteroatoms. The average molecular weight is 237 g/mol. The smallest absolute Gasteiger partial charge is 0.319 e. The largest absolute Gasteiger partial charge is 0.508 e. The van der Waals surface area contributed by atoms with E-state index >= 15 is 0 Å². The standard InChI is InChI=1S/C10H11F4NO/c11-9(12)10(13,14)6-15-5-7-1-3-8(16)4-2-7/h1-4,9,15-16H,5-6H2. The molecule has 0 fully saturated rings. The number of phenolic OH excluding ortho intramolecular Hbond substituents is 1. The van der Waals surface area contributed by atoms with Gasteiger partial charge in [-0.15, -0.1) is 0 Å². The summed E-state index contributed by atoms with van der Waals surface area (Å²) in [5.74, 6) is -3.96. The molecule has 1 aromatic carbocycles. The lowest BCUT2D eigenvalue weighted by atomic mass is 10.2. The van der Waals surface area contributed by atoms with Gasteiger partial charge >= 0.3 is 12.3 Å². The number of hydrogen-bond donors (Lipinski definition) is 2. The molecule has 0 unspecified atom stereocenters. The molecule has 0 amide bonds. The lowest BCUT2D eigenvalue weighted by Gasteiger charge is -2.15. The van der Waals surface area contributed by atoms with Crippen molar-refractivity contribution < 1.29 is 22.7 Å². The number of rotatable bonds is 5. The van der Waals surface area contributed by atoms with Gasteiger partial charge in [0, 0.05) is 6.54 Å². The number of hydrogen-bond acceptors (Lipinski definition) is 2. The molecule has 0 aromatic heterocycles. The van der Waals surface area contributed by atoms with Gasteiger partial charge < -0.3 is 10.4 Å². The first-order valence-electron chi connectivity index (χ1n) is 4.56. The quantitative estimate of drug-likeness (QED) is 0.770. The predicted molar refractivity (Wildman–Crippen MR) is 50.8 cm³/mol. The van der Waals surface area contributed by atoms with Gasteiger partial charge in [-0.25, -0.2) is 8.78 Å². The predicted octanol–water partition coefficient (Wildman–Crippen LogP) is 2.38. The van der Waals surface area contributed by atoms with Crippen LogP contribution in [0.4, 0.5) is 17.6 Å². The van der Waals surface area contributed by atoms with Gasteiger partial charge in [-0.2, -0.15) is 8.78 Å². The van der Waals surface area contributed by atoms with Crippen LogP contribution in [0.5, 0.6) is 5.75 Å². The van der Waals surface area contributed by atoms with Crippen molar-refractivity contribution in [1.82, 2.24) is 5.32 Å². The van der Waals surface area contributed by atoms with Crippen LogP contribution in [0.25, 0.3) is 0 Å². The third-order valence-corrected chi connectivity index (χ3v) is 1.95. The van der Waals surface area contributed by atoms with E-state index in [9.17, 15) is 17.6 Å². The van der Waals surface area contributed by atoms with E-state index < -0.39 is 18.9 Å². The van der Waals surface area contributed by atoms with E-state index in [-0.39, 0.29) is 12.3 Å². The van der Waals surface area contributed by atoms with Crippen LogP contribution >= 0.6 is 0 Å². The highest BCUT2D eigenvalue weighted by molar-refractivity contribution is 5.25. The number of benzene rings is 1. The Bertz CT molecular complexity index is 326. The van der Waals surface area contributed by atoms with Crippen LogP contribution in [0.3, 0.4) is 0 Å². The van der Waals surface area contributed by atoms with Crippen LogP contribution in [0, 0.1) is 0 Å². The Morgan fingerprint density at radius 3 is 2.25 bits per heavy atom. The summed E-state index contributed by atoms with van der Waals surface area (Å²) in [4.78, 5) is 0. The van der Waals surface area contributed by atoms with Gasteiger partial charge in [-0.1, -0.05) is 12.1 Å². The lowest BCUT2D eigenvalue weighted by molar-refractivity contribution is -0.125. The van der Waals surface area contributed by atoms with Gasteiger partial charge in [0.05, 0.1) is 6.54 Å². The summed E-state index contributed by atoms with van der Waals surface area (Å²) in [5.41, 5.74) is 0.628. The first-order valence-corrected chi connectivity index (χ1v) is 4.56. The highest BCUT2D eigenvalue weighted by Crippen LogP contribution is 2.21. The zero-order valence-corrected chi connectivity index (χ0v) is 8.26. The fraction of sp³-hybridized carbons (Fsp3) is 0.400. The molecule has 2 nitrogen and oxygen atoms in total. The van der Waals surface area contributed by atoms with Gasteiger partial charge in [0.1, 0.15) is 5.75 Å². The number of phenols is 1. The molecule has 90 valence electrons. The van der Waals surface area contributed by atoms with Crippen molar-refractivity contribution >= 4 is 0 Å². The summed E-state index contributed by atoms with van der Waals surface area (Å²) in [6.07, 6.45) is -3.67. The lowest BCUT2D eigenvalue weighted by Crippen LogP contribution is -2.38. The van der Waals surface area contributed by atoms with E-state index in [0.29, 0.717) is 5.56 Å². The Hall–Kier alpha value is -1.30. The Kier molecular flexibility index (Phi) is 4.12. The second kappa shape index (κ2) is 5.16. The van der Waals surface area contributed by atoms with Gasteiger partial charge in [0.15, 0.2) is 0 Å². The van der Waals surface area contributed by atoms with Crippen molar-refractivity contribution in [3.05, 3.63) is 29.8 Å². The van der Waals surface area contributed by atoms with Crippen molar-refractivity contribution in [1.29, 1.82) is 0 Å². The minimum atomic E-state index is -4.02. The molecule has 1 rings (SSSR count). The number of nitrogens with one attached hydrogen (secondary N) is 1. The molecular formula is C10H11F4NO. The molecule has 0 aliphatic heterocycles. The molecule has 0 saturated heterocycles. The highest BCUT2D eigenvalue weighted by atomic mass is 19.3. The third-order valence-electron chi connectivity index (χ3n) is 1.95. The Balaban J connectivity index is 2.39. The van der Waals surface area contributed by atoms with Gasteiger partial charge in [0.25, 0.3) is 0 Å². The summed E-state index contributed by atoms with van der Waals surface area (Å²) in [7, 11) is 0. The molecule has 1 aromatic rings. The summed E-state index contributed by atoms with van der Waals surface area (Å²) in [5, 5.41) is 11.2. The van der Waals surface area contributed by atoms with Crippen molar-refractivity contribution in [3.63, 3.8) is 0 Å². The van der Waals surface area contributed by atoms with E-state index in [0.717, 1.165) is 0 Å². The van der Waals surface area contributed by atoms with Crippen LogP contribution in [0.1, 0.15) is 5.56 Å². The normalized spacial score (nSPS) is 12.1. The first kappa shape index (κ1) is 12.8. The van der Waals surface area contributed by atoms with E-state index in [2.05, 4.69) is 5.32 Å². The molecule has 0 bridgehead atoms. The van der Waals surface area contributed by atoms with Crippen LogP contribution in [-0.2, 0) is 6.54 Å². The Labute approximate surface area is 89.9 Å². The zero-order chi connectivity index (χ0) is 12.2. The van der Waals surface area contributed by atoms with Crippen molar-refractivity contribution in [2.24, 2.45) is 0 Å². The van der Waals surface area contributed by atoms with E-state index in [1.165, 1.54) is 24.3 Å². The molecule has 0 aliphatic rings. The number of halogens is 4.